The van der Waals surface area contributed by atoms with Gasteiger partial charge in [-0.05, 0) is 36.6 Å². The van der Waals surface area contributed by atoms with E-state index in [-0.39, 0.29) is 5.41 Å². The molecule has 1 aliphatic rings. The van der Waals surface area contributed by atoms with Crippen LogP contribution in [0.3, 0.4) is 0 Å². The van der Waals surface area contributed by atoms with Crippen LogP contribution in [0.25, 0.3) is 11.2 Å². The summed E-state index contributed by atoms with van der Waals surface area (Å²) in [7, 11) is 0. The molecule has 0 unspecified atom stereocenters. The van der Waals surface area contributed by atoms with Gasteiger partial charge < -0.3 is 4.98 Å². The van der Waals surface area contributed by atoms with E-state index in [1.165, 1.54) is 5.56 Å². The predicted octanol–water partition coefficient (Wildman–Crippen LogP) is 2.43. The summed E-state index contributed by atoms with van der Waals surface area (Å²) in [4.78, 5) is 16.5. The molecule has 4 nitrogen and oxygen atoms in total. The molecule has 0 bridgehead atoms. The number of hydrogen-bond donors (Lipinski definition) is 1. The summed E-state index contributed by atoms with van der Waals surface area (Å²) in [5.41, 5.74) is 3.07. The van der Waals surface area contributed by atoms with Crippen molar-refractivity contribution in [1.29, 1.82) is 0 Å². The maximum absolute atomic E-state index is 4.63. The molecule has 4 rings (SSSR count). The van der Waals surface area contributed by atoms with Crippen molar-refractivity contribution in [3.63, 3.8) is 0 Å². The lowest BCUT2D eigenvalue weighted by Crippen LogP contribution is -2.10. The van der Waals surface area contributed by atoms with Crippen molar-refractivity contribution in [2.45, 2.75) is 18.3 Å². The first kappa shape index (κ1) is 9.76. The summed E-state index contributed by atoms with van der Waals surface area (Å²) in [6, 6.07) is 8.04. The Morgan fingerprint density at radius 2 is 2.00 bits per heavy atom. The van der Waals surface area contributed by atoms with Gasteiger partial charge in [-0.25, -0.2) is 9.97 Å². The van der Waals surface area contributed by atoms with E-state index in [0.717, 1.165) is 29.8 Å². The van der Waals surface area contributed by atoms with Crippen molar-refractivity contribution in [2.24, 2.45) is 0 Å². The fourth-order valence-corrected chi connectivity index (χ4v) is 2.50. The number of nitrogens with one attached hydrogen (secondary N) is 1. The standard InChI is InChI=1S/C14H12N4/c1-3-10(9-15-7-1)14(5-6-14)13-17-11-4-2-8-16-12(11)18-13/h1-4,7-9H,5-6H2,(H,16,17,18). The molecule has 88 valence electrons. The maximum Gasteiger partial charge on any atom is 0.177 e. The van der Waals surface area contributed by atoms with Crippen LogP contribution in [0.5, 0.6) is 0 Å². The lowest BCUT2D eigenvalue weighted by Gasteiger charge is -2.11. The smallest absolute Gasteiger partial charge is 0.177 e. The lowest BCUT2D eigenvalue weighted by molar-refractivity contribution is 0.772. The van der Waals surface area contributed by atoms with E-state index < -0.39 is 0 Å². The van der Waals surface area contributed by atoms with Crippen LogP contribution in [0.2, 0.25) is 0 Å². The van der Waals surface area contributed by atoms with Gasteiger partial charge in [0.2, 0.25) is 0 Å². The van der Waals surface area contributed by atoms with Crippen molar-refractivity contribution in [1.82, 2.24) is 19.9 Å². The van der Waals surface area contributed by atoms with Gasteiger partial charge in [0.15, 0.2) is 5.65 Å². The van der Waals surface area contributed by atoms with Gasteiger partial charge in [-0.3, -0.25) is 4.98 Å². The third kappa shape index (κ3) is 1.29. The van der Waals surface area contributed by atoms with Crippen LogP contribution in [-0.4, -0.2) is 19.9 Å². The Kier molecular flexibility index (Phi) is 1.84. The van der Waals surface area contributed by atoms with Crippen molar-refractivity contribution >= 4 is 11.2 Å². The Morgan fingerprint density at radius 3 is 2.72 bits per heavy atom. The van der Waals surface area contributed by atoms with Gasteiger partial charge in [0.05, 0.1) is 10.9 Å². The van der Waals surface area contributed by atoms with Gasteiger partial charge in [0.1, 0.15) is 5.82 Å². The van der Waals surface area contributed by atoms with Crippen LogP contribution in [0.1, 0.15) is 24.2 Å². The molecule has 0 aromatic carbocycles. The number of fused-ring (bicyclic) bond motifs is 1. The molecule has 0 atom stereocenters. The molecule has 1 N–H and O–H groups in total. The third-order valence-corrected chi connectivity index (χ3v) is 3.67. The second-order valence-electron chi connectivity index (χ2n) is 4.78. The Labute approximate surface area is 104 Å². The first-order valence-corrected chi connectivity index (χ1v) is 6.10. The van der Waals surface area contributed by atoms with Crippen LogP contribution < -0.4 is 0 Å². The largest absolute Gasteiger partial charge is 0.340 e. The van der Waals surface area contributed by atoms with Crippen LogP contribution in [0.4, 0.5) is 0 Å². The summed E-state index contributed by atoms with van der Waals surface area (Å²) in [6.07, 6.45) is 7.76. The molecule has 18 heavy (non-hydrogen) atoms. The van der Waals surface area contributed by atoms with E-state index in [1.807, 2.05) is 24.4 Å². The SMILES string of the molecule is c1cncc(C2(c3nc4ncccc4[nH]3)CC2)c1. The Morgan fingerprint density at radius 1 is 1.11 bits per heavy atom. The number of aromatic nitrogens is 4. The van der Waals surface area contributed by atoms with Gasteiger partial charge in [-0.15, -0.1) is 0 Å². The molecular formula is C14H12N4. The van der Waals surface area contributed by atoms with E-state index in [9.17, 15) is 0 Å². The molecule has 0 radical (unpaired) electrons. The molecule has 0 spiro atoms. The van der Waals surface area contributed by atoms with E-state index >= 15 is 0 Å². The number of H-pyrrole nitrogens is 1. The average molecular weight is 236 g/mol. The van der Waals surface area contributed by atoms with Gasteiger partial charge in [0, 0.05) is 18.6 Å². The molecule has 1 saturated carbocycles. The Balaban J connectivity index is 1.87. The van der Waals surface area contributed by atoms with Crippen molar-refractivity contribution in [3.05, 3.63) is 54.2 Å². The van der Waals surface area contributed by atoms with Gasteiger partial charge in [-0.2, -0.15) is 0 Å². The molecule has 3 heterocycles. The maximum atomic E-state index is 4.63. The van der Waals surface area contributed by atoms with Crippen LogP contribution >= 0.6 is 0 Å². The molecule has 1 fully saturated rings. The highest BCUT2D eigenvalue weighted by Gasteiger charge is 2.48. The van der Waals surface area contributed by atoms with Gasteiger partial charge >= 0.3 is 0 Å². The Hall–Kier alpha value is -2.23. The molecule has 0 aliphatic heterocycles. The zero-order chi connectivity index (χ0) is 12.0. The second kappa shape index (κ2) is 3.38. The number of pyridine rings is 2. The predicted molar refractivity (Wildman–Crippen MR) is 68.1 cm³/mol. The highest BCUT2D eigenvalue weighted by molar-refractivity contribution is 5.70. The third-order valence-electron chi connectivity index (χ3n) is 3.67. The first-order valence-electron chi connectivity index (χ1n) is 6.10. The number of hydrogen-bond acceptors (Lipinski definition) is 3. The minimum absolute atomic E-state index is 0.0367. The minimum Gasteiger partial charge on any atom is -0.340 e. The van der Waals surface area contributed by atoms with Crippen molar-refractivity contribution in [3.8, 4) is 0 Å². The highest BCUT2D eigenvalue weighted by atomic mass is 15.0. The topological polar surface area (TPSA) is 54.5 Å². The number of nitrogens with zero attached hydrogens (tertiary/aromatic N) is 3. The normalized spacial score (nSPS) is 16.9. The summed E-state index contributed by atoms with van der Waals surface area (Å²) in [5, 5.41) is 0. The molecule has 0 amide bonds. The highest BCUT2D eigenvalue weighted by Crippen LogP contribution is 2.52. The van der Waals surface area contributed by atoms with Crippen LogP contribution in [-0.2, 0) is 5.41 Å². The zero-order valence-electron chi connectivity index (χ0n) is 9.80. The summed E-state index contributed by atoms with van der Waals surface area (Å²) in [6.45, 7) is 0. The molecule has 1 aliphatic carbocycles. The molecule has 3 aromatic rings. The first-order chi connectivity index (χ1) is 8.88. The second-order valence-corrected chi connectivity index (χ2v) is 4.78. The zero-order valence-corrected chi connectivity index (χ0v) is 9.80. The van der Waals surface area contributed by atoms with E-state index in [2.05, 4.69) is 26.0 Å². The van der Waals surface area contributed by atoms with Gasteiger partial charge in [-0.1, -0.05) is 6.07 Å². The molecule has 3 aromatic heterocycles. The molecular weight excluding hydrogens is 224 g/mol. The summed E-state index contributed by atoms with van der Waals surface area (Å²) < 4.78 is 0. The van der Waals surface area contributed by atoms with E-state index in [0.29, 0.717) is 0 Å². The lowest BCUT2D eigenvalue weighted by atomic mass is 9.97. The monoisotopic (exact) mass is 236 g/mol. The van der Waals surface area contributed by atoms with Crippen molar-refractivity contribution in [2.75, 3.05) is 0 Å². The quantitative estimate of drug-likeness (QED) is 0.743. The Bertz CT molecular complexity index is 665. The number of imidazole rings is 1. The van der Waals surface area contributed by atoms with Crippen LogP contribution in [0, 0.1) is 0 Å². The average Bonchev–Trinajstić information content (AvgIpc) is 3.13. The fraction of sp³-hybridized carbons (Fsp3) is 0.214. The summed E-state index contributed by atoms with van der Waals surface area (Å²) >= 11 is 0. The minimum atomic E-state index is 0.0367. The van der Waals surface area contributed by atoms with Gasteiger partial charge in [0.25, 0.3) is 0 Å². The van der Waals surface area contributed by atoms with Crippen LogP contribution in [0.15, 0.2) is 42.9 Å². The van der Waals surface area contributed by atoms with E-state index in [4.69, 9.17) is 0 Å². The molecule has 0 saturated heterocycles. The van der Waals surface area contributed by atoms with Crippen molar-refractivity contribution < 1.29 is 0 Å². The number of rotatable bonds is 2. The van der Waals surface area contributed by atoms with E-state index in [1.54, 1.807) is 12.4 Å². The fourth-order valence-electron chi connectivity index (χ4n) is 2.50. The molecule has 4 heteroatoms. The number of aromatic amines is 1. The summed E-state index contributed by atoms with van der Waals surface area (Å²) in [5.74, 6) is 1.02.